The van der Waals surface area contributed by atoms with E-state index in [0.29, 0.717) is 12.0 Å². The van der Waals surface area contributed by atoms with Gasteiger partial charge < -0.3 is 15.3 Å². The summed E-state index contributed by atoms with van der Waals surface area (Å²) in [6.07, 6.45) is 1.55. The van der Waals surface area contributed by atoms with Crippen LogP contribution >= 0.6 is 0 Å². The predicted molar refractivity (Wildman–Crippen MR) is 79.5 cm³/mol. The molecule has 2 N–H and O–H groups in total. The zero-order chi connectivity index (χ0) is 15.6. The van der Waals surface area contributed by atoms with E-state index in [1.165, 1.54) is 11.0 Å². The number of urea groups is 1. The van der Waals surface area contributed by atoms with Crippen LogP contribution in [0.25, 0.3) is 0 Å². The molecule has 0 aromatic heterocycles. The van der Waals surface area contributed by atoms with Gasteiger partial charge in [0.1, 0.15) is 5.82 Å². The molecule has 0 bridgehead atoms. The molecule has 3 unspecified atom stereocenters. The number of aliphatic hydroxyl groups is 1. The van der Waals surface area contributed by atoms with Crippen molar-refractivity contribution in [1.82, 2.24) is 10.2 Å². The Balaban J connectivity index is 2.20. The minimum Gasteiger partial charge on any atom is -0.394 e. The van der Waals surface area contributed by atoms with E-state index in [4.69, 9.17) is 5.11 Å². The van der Waals surface area contributed by atoms with Gasteiger partial charge in [0.15, 0.2) is 0 Å². The third-order valence-corrected chi connectivity index (χ3v) is 4.43. The number of hydrogen-bond donors (Lipinski definition) is 2. The third kappa shape index (κ3) is 3.18. The molecule has 0 aliphatic heterocycles. The Kier molecular flexibility index (Phi) is 4.83. The molecule has 0 heterocycles. The number of nitrogens with zero attached hydrogens (tertiary/aromatic N) is 1. The highest BCUT2D eigenvalue weighted by Gasteiger charge is 2.30. The van der Waals surface area contributed by atoms with E-state index in [-0.39, 0.29) is 36.5 Å². The normalized spacial score (nSPS) is 22.3. The molecule has 1 aromatic carbocycles. The number of amides is 2. The molecule has 2 amide bonds. The molecule has 0 fully saturated rings. The summed E-state index contributed by atoms with van der Waals surface area (Å²) in [5.74, 6) is 0.0526. The molecule has 0 saturated heterocycles. The second kappa shape index (κ2) is 6.43. The molecule has 4 nitrogen and oxygen atoms in total. The van der Waals surface area contributed by atoms with Crippen molar-refractivity contribution in [3.8, 4) is 0 Å². The van der Waals surface area contributed by atoms with Crippen LogP contribution < -0.4 is 5.32 Å². The summed E-state index contributed by atoms with van der Waals surface area (Å²) in [7, 11) is 1.65. The summed E-state index contributed by atoms with van der Waals surface area (Å²) in [4.78, 5) is 13.7. The van der Waals surface area contributed by atoms with Gasteiger partial charge in [0.2, 0.25) is 0 Å². The van der Waals surface area contributed by atoms with E-state index in [1.807, 2.05) is 6.07 Å². The van der Waals surface area contributed by atoms with Crippen molar-refractivity contribution < 1.29 is 14.3 Å². The fraction of sp³-hybridized carbons (Fsp3) is 0.562. The molecule has 0 spiro atoms. The number of nitrogens with one attached hydrogen (secondary N) is 1. The van der Waals surface area contributed by atoms with E-state index in [9.17, 15) is 9.18 Å². The van der Waals surface area contributed by atoms with Gasteiger partial charge in [-0.25, -0.2) is 9.18 Å². The highest BCUT2D eigenvalue weighted by molar-refractivity contribution is 5.75. The van der Waals surface area contributed by atoms with Crippen molar-refractivity contribution >= 4 is 6.03 Å². The minimum absolute atomic E-state index is 0.0879. The summed E-state index contributed by atoms with van der Waals surface area (Å²) < 4.78 is 13.9. The average molecular weight is 294 g/mol. The van der Waals surface area contributed by atoms with E-state index >= 15 is 0 Å². The van der Waals surface area contributed by atoms with Gasteiger partial charge >= 0.3 is 6.03 Å². The number of carbonyl (C=O) groups is 1. The standard InChI is InChI=1S/C16H23FN2O2/c1-10-7-8-12-13(5-4-6-14(12)17)15(10)18-16(21)19(3)11(2)9-20/h4-6,10-11,15,20H,7-9H2,1-3H3,(H,18,21). The quantitative estimate of drug-likeness (QED) is 0.900. The van der Waals surface area contributed by atoms with Gasteiger partial charge in [-0.1, -0.05) is 19.1 Å². The van der Waals surface area contributed by atoms with Crippen molar-refractivity contribution in [1.29, 1.82) is 0 Å². The molecule has 1 aromatic rings. The van der Waals surface area contributed by atoms with Gasteiger partial charge in [-0.15, -0.1) is 0 Å². The Hall–Kier alpha value is -1.62. The van der Waals surface area contributed by atoms with Gasteiger partial charge in [-0.3, -0.25) is 0 Å². The number of hydrogen-bond acceptors (Lipinski definition) is 2. The number of likely N-dealkylation sites (N-methyl/N-ethyl adjacent to an activating group) is 1. The van der Waals surface area contributed by atoms with E-state index in [0.717, 1.165) is 12.0 Å². The van der Waals surface area contributed by atoms with Crippen molar-refractivity contribution in [3.05, 3.63) is 35.1 Å². The number of benzene rings is 1. The summed E-state index contributed by atoms with van der Waals surface area (Å²) in [6.45, 7) is 3.75. The number of rotatable bonds is 3. The second-order valence-corrected chi connectivity index (χ2v) is 5.89. The van der Waals surface area contributed by atoms with Gasteiger partial charge in [-0.2, -0.15) is 0 Å². The summed E-state index contributed by atoms with van der Waals surface area (Å²) in [6, 6.07) is 4.35. The molecule has 5 heteroatoms. The lowest BCUT2D eigenvalue weighted by Gasteiger charge is -2.34. The van der Waals surface area contributed by atoms with Gasteiger partial charge in [0.05, 0.1) is 18.7 Å². The van der Waals surface area contributed by atoms with Crippen LogP contribution in [0.1, 0.15) is 37.4 Å². The molecule has 0 radical (unpaired) electrons. The summed E-state index contributed by atoms with van der Waals surface area (Å²) in [5, 5.41) is 12.1. The van der Waals surface area contributed by atoms with Crippen molar-refractivity contribution in [2.24, 2.45) is 5.92 Å². The zero-order valence-electron chi connectivity index (χ0n) is 12.8. The van der Waals surface area contributed by atoms with E-state index in [1.54, 1.807) is 20.0 Å². The van der Waals surface area contributed by atoms with Crippen LogP contribution in [-0.2, 0) is 6.42 Å². The van der Waals surface area contributed by atoms with Gasteiger partial charge in [-0.05, 0) is 42.9 Å². The Labute approximate surface area is 125 Å². The molecule has 116 valence electrons. The summed E-state index contributed by atoms with van der Waals surface area (Å²) in [5.41, 5.74) is 1.57. The molecule has 3 atom stereocenters. The topological polar surface area (TPSA) is 52.6 Å². The van der Waals surface area contributed by atoms with Crippen LogP contribution in [0, 0.1) is 11.7 Å². The highest BCUT2D eigenvalue weighted by Crippen LogP contribution is 2.35. The first kappa shape index (κ1) is 15.8. The smallest absolute Gasteiger partial charge is 0.317 e. The van der Waals surface area contributed by atoms with E-state index < -0.39 is 0 Å². The van der Waals surface area contributed by atoms with Crippen LogP contribution in [0.4, 0.5) is 9.18 Å². The monoisotopic (exact) mass is 294 g/mol. The number of halogens is 1. The molecule has 2 rings (SSSR count). The molecule has 21 heavy (non-hydrogen) atoms. The van der Waals surface area contributed by atoms with Crippen LogP contribution in [0.3, 0.4) is 0 Å². The first-order valence-electron chi connectivity index (χ1n) is 7.37. The lowest BCUT2D eigenvalue weighted by molar-refractivity contribution is 0.151. The van der Waals surface area contributed by atoms with Crippen LogP contribution in [-0.4, -0.2) is 35.7 Å². The van der Waals surface area contributed by atoms with Crippen molar-refractivity contribution in [2.75, 3.05) is 13.7 Å². The number of carbonyl (C=O) groups excluding carboxylic acids is 1. The minimum atomic E-state index is -0.254. The van der Waals surface area contributed by atoms with Crippen LogP contribution in [0.5, 0.6) is 0 Å². The first-order valence-corrected chi connectivity index (χ1v) is 7.37. The maximum Gasteiger partial charge on any atom is 0.317 e. The Morgan fingerprint density at radius 1 is 1.57 bits per heavy atom. The van der Waals surface area contributed by atoms with Crippen LogP contribution in [0.2, 0.25) is 0 Å². The maximum absolute atomic E-state index is 13.9. The molecular formula is C16H23FN2O2. The van der Waals surface area contributed by atoms with Crippen molar-refractivity contribution in [3.63, 3.8) is 0 Å². The highest BCUT2D eigenvalue weighted by atomic mass is 19.1. The lowest BCUT2D eigenvalue weighted by Crippen LogP contribution is -2.47. The number of fused-ring (bicyclic) bond motifs is 1. The Bertz CT molecular complexity index is 521. The molecule has 1 aliphatic carbocycles. The SMILES string of the molecule is CC1CCc2c(F)cccc2C1NC(=O)N(C)C(C)CO. The Morgan fingerprint density at radius 3 is 2.95 bits per heavy atom. The predicted octanol–water partition coefficient (Wildman–Crippen LogP) is 2.47. The zero-order valence-corrected chi connectivity index (χ0v) is 12.8. The molecular weight excluding hydrogens is 271 g/mol. The second-order valence-electron chi connectivity index (χ2n) is 5.89. The maximum atomic E-state index is 13.9. The fourth-order valence-corrected chi connectivity index (χ4v) is 2.75. The average Bonchev–Trinajstić information content (AvgIpc) is 2.48. The van der Waals surface area contributed by atoms with E-state index in [2.05, 4.69) is 12.2 Å². The third-order valence-electron chi connectivity index (χ3n) is 4.43. The largest absolute Gasteiger partial charge is 0.394 e. The summed E-state index contributed by atoms with van der Waals surface area (Å²) >= 11 is 0. The van der Waals surface area contributed by atoms with Crippen molar-refractivity contribution in [2.45, 2.75) is 38.8 Å². The molecule has 1 aliphatic rings. The number of aliphatic hydroxyl groups excluding tert-OH is 1. The lowest BCUT2D eigenvalue weighted by atomic mass is 9.80. The first-order chi connectivity index (χ1) is 9.95. The fourth-order valence-electron chi connectivity index (χ4n) is 2.75. The molecule has 0 saturated carbocycles. The van der Waals surface area contributed by atoms with Gasteiger partial charge in [0.25, 0.3) is 0 Å². The Morgan fingerprint density at radius 2 is 2.29 bits per heavy atom. The van der Waals surface area contributed by atoms with Crippen LogP contribution in [0.15, 0.2) is 18.2 Å². The van der Waals surface area contributed by atoms with Gasteiger partial charge in [0, 0.05) is 7.05 Å².